The molecule has 0 fully saturated rings. The maximum absolute atomic E-state index is 14.5. The lowest BCUT2D eigenvalue weighted by atomic mass is 10.1. The third-order valence-electron chi connectivity index (χ3n) is 7.35. The van der Waals surface area contributed by atoms with Crippen LogP contribution in [0.1, 0.15) is 42.1 Å². The van der Waals surface area contributed by atoms with E-state index in [1.165, 1.54) is 17.7 Å². The summed E-state index contributed by atoms with van der Waals surface area (Å²) in [6.07, 6.45) is 1.98. The van der Waals surface area contributed by atoms with Gasteiger partial charge in [-0.2, -0.15) is 8.78 Å². The Kier molecular flexibility index (Phi) is 9.95. The standard InChI is InChI=1S/C36H36F3N3O/c1-3-4-20-42-33(34(30-14-9-15-31(37)22-30)40-35(42)29-12-6-5-7-13-29)25-41(24-28-11-8-10-26(2)21-28)23-27-16-18-32(19-17-27)43-36(38)39/h5-19,21-22,36H,3-4,20,23-25H2,1-2H3. The van der Waals surface area contributed by atoms with E-state index in [0.29, 0.717) is 19.6 Å². The number of hydrogen-bond acceptors (Lipinski definition) is 3. The van der Waals surface area contributed by atoms with Crippen LogP contribution in [0.15, 0.2) is 103 Å². The lowest BCUT2D eigenvalue weighted by molar-refractivity contribution is -0.0498. The van der Waals surface area contributed by atoms with Crippen molar-refractivity contribution < 1.29 is 17.9 Å². The monoisotopic (exact) mass is 583 g/mol. The van der Waals surface area contributed by atoms with Crippen molar-refractivity contribution >= 4 is 0 Å². The van der Waals surface area contributed by atoms with Gasteiger partial charge in [-0.1, -0.05) is 97.8 Å². The van der Waals surface area contributed by atoms with E-state index < -0.39 is 6.61 Å². The van der Waals surface area contributed by atoms with E-state index in [4.69, 9.17) is 4.98 Å². The van der Waals surface area contributed by atoms with Gasteiger partial charge < -0.3 is 9.30 Å². The summed E-state index contributed by atoms with van der Waals surface area (Å²) in [5, 5.41) is 0. The van der Waals surface area contributed by atoms with E-state index in [0.717, 1.165) is 58.9 Å². The van der Waals surface area contributed by atoms with E-state index in [9.17, 15) is 13.2 Å². The van der Waals surface area contributed by atoms with Gasteiger partial charge >= 0.3 is 6.61 Å². The van der Waals surface area contributed by atoms with Crippen molar-refractivity contribution in [1.82, 2.24) is 14.5 Å². The molecule has 0 N–H and O–H groups in total. The molecule has 0 atom stereocenters. The van der Waals surface area contributed by atoms with Crippen molar-refractivity contribution in [2.45, 2.75) is 59.5 Å². The van der Waals surface area contributed by atoms with Gasteiger partial charge in [-0.05, 0) is 48.7 Å². The lowest BCUT2D eigenvalue weighted by Crippen LogP contribution is -2.24. The topological polar surface area (TPSA) is 30.3 Å². The van der Waals surface area contributed by atoms with E-state index in [2.05, 4.69) is 64.4 Å². The molecule has 0 bridgehead atoms. The second kappa shape index (κ2) is 14.2. The zero-order valence-electron chi connectivity index (χ0n) is 24.5. The van der Waals surface area contributed by atoms with Gasteiger partial charge in [0.25, 0.3) is 0 Å². The first-order valence-corrected chi connectivity index (χ1v) is 14.6. The average molecular weight is 584 g/mol. The van der Waals surface area contributed by atoms with Crippen LogP contribution in [0.4, 0.5) is 13.2 Å². The molecule has 4 nitrogen and oxygen atoms in total. The highest BCUT2D eigenvalue weighted by molar-refractivity contribution is 5.68. The summed E-state index contributed by atoms with van der Waals surface area (Å²) in [4.78, 5) is 7.46. The molecule has 0 saturated carbocycles. The summed E-state index contributed by atoms with van der Waals surface area (Å²) in [5.41, 5.74) is 6.78. The Morgan fingerprint density at radius 3 is 2.21 bits per heavy atom. The second-order valence-electron chi connectivity index (χ2n) is 10.8. The Morgan fingerprint density at radius 2 is 1.51 bits per heavy atom. The molecule has 0 aliphatic rings. The van der Waals surface area contributed by atoms with Gasteiger partial charge in [0.15, 0.2) is 0 Å². The first-order chi connectivity index (χ1) is 20.9. The van der Waals surface area contributed by atoms with Gasteiger partial charge in [-0.15, -0.1) is 0 Å². The Balaban J connectivity index is 1.59. The maximum atomic E-state index is 14.5. The van der Waals surface area contributed by atoms with Gasteiger partial charge in [-0.3, -0.25) is 4.90 Å². The molecule has 5 rings (SSSR count). The molecule has 43 heavy (non-hydrogen) atoms. The molecule has 0 radical (unpaired) electrons. The molecule has 0 spiro atoms. The molecule has 5 aromatic rings. The van der Waals surface area contributed by atoms with Gasteiger partial charge in [0.1, 0.15) is 17.4 Å². The average Bonchev–Trinajstić information content (AvgIpc) is 3.35. The first-order valence-electron chi connectivity index (χ1n) is 14.6. The van der Waals surface area contributed by atoms with Gasteiger partial charge in [0, 0.05) is 37.3 Å². The maximum Gasteiger partial charge on any atom is 0.387 e. The molecule has 1 aromatic heterocycles. The third kappa shape index (κ3) is 7.93. The number of aromatic nitrogens is 2. The summed E-state index contributed by atoms with van der Waals surface area (Å²) >= 11 is 0. The molecule has 0 aliphatic carbocycles. The lowest BCUT2D eigenvalue weighted by Gasteiger charge is -2.25. The molecule has 4 aromatic carbocycles. The second-order valence-corrected chi connectivity index (χ2v) is 10.8. The minimum atomic E-state index is -2.87. The SMILES string of the molecule is CCCCn1c(-c2ccccc2)nc(-c2cccc(F)c2)c1CN(Cc1ccc(OC(F)F)cc1)Cc1cccc(C)c1. The fraction of sp³-hybridized carbons (Fsp3) is 0.250. The first kappa shape index (κ1) is 30.1. The quantitative estimate of drug-likeness (QED) is 0.138. The number of aryl methyl sites for hydroxylation is 1. The van der Waals surface area contributed by atoms with E-state index >= 15 is 0 Å². The number of imidazole rings is 1. The molecule has 0 amide bonds. The number of nitrogens with zero attached hydrogens (tertiary/aromatic N) is 3. The fourth-order valence-corrected chi connectivity index (χ4v) is 5.36. The molecule has 0 saturated heterocycles. The summed E-state index contributed by atoms with van der Waals surface area (Å²) in [6.45, 7) is 3.90. The third-order valence-corrected chi connectivity index (χ3v) is 7.35. The summed E-state index contributed by atoms with van der Waals surface area (Å²) in [7, 11) is 0. The number of halogens is 3. The Morgan fingerprint density at radius 1 is 0.791 bits per heavy atom. The largest absolute Gasteiger partial charge is 0.435 e. The minimum absolute atomic E-state index is 0.127. The molecular weight excluding hydrogens is 547 g/mol. The predicted molar refractivity (Wildman–Crippen MR) is 165 cm³/mol. The Bertz CT molecular complexity index is 1620. The van der Waals surface area contributed by atoms with Gasteiger partial charge in [0.05, 0.1) is 11.4 Å². The number of benzene rings is 4. The van der Waals surface area contributed by atoms with Crippen LogP contribution >= 0.6 is 0 Å². The van der Waals surface area contributed by atoms with E-state index in [-0.39, 0.29) is 11.6 Å². The molecule has 0 unspecified atom stereocenters. The van der Waals surface area contributed by atoms with Crippen LogP contribution in [-0.2, 0) is 26.2 Å². The number of hydrogen-bond donors (Lipinski definition) is 0. The molecule has 1 heterocycles. The summed E-state index contributed by atoms with van der Waals surface area (Å²) in [6, 6.07) is 31.9. The molecule has 7 heteroatoms. The van der Waals surface area contributed by atoms with Crippen LogP contribution < -0.4 is 4.74 Å². The van der Waals surface area contributed by atoms with Crippen molar-refractivity contribution in [3.63, 3.8) is 0 Å². The Hall–Kier alpha value is -4.36. The minimum Gasteiger partial charge on any atom is -0.435 e. The Labute approximate surface area is 251 Å². The summed E-state index contributed by atoms with van der Waals surface area (Å²) < 4.78 is 46.8. The van der Waals surface area contributed by atoms with Crippen LogP contribution in [0, 0.1) is 12.7 Å². The highest BCUT2D eigenvalue weighted by Crippen LogP contribution is 2.32. The number of alkyl halides is 2. The number of rotatable bonds is 13. The number of ether oxygens (including phenoxy) is 1. The van der Waals surface area contributed by atoms with Crippen molar-refractivity contribution in [2.75, 3.05) is 0 Å². The smallest absolute Gasteiger partial charge is 0.387 e. The highest BCUT2D eigenvalue weighted by atomic mass is 19.3. The fourth-order valence-electron chi connectivity index (χ4n) is 5.36. The van der Waals surface area contributed by atoms with Gasteiger partial charge in [0.2, 0.25) is 0 Å². The predicted octanol–water partition coefficient (Wildman–Crippen LogP) is 9.27. The van der Waals surface area contributed by atoms with Crippen molar-refractivity contribution in [1.29, 1.82) is 0 Å². The zero-order chi connectivity index (χ0) is 30.2. The van der Waals surface area contributed by atoms with Crippen molar-refractivity contribution in [3.05, 3.63) is 131 Å². The normalized spacial score (nSPS) is 11.4. The van der Waals surface area contributed by atoms with E-state index in [1.807, 2.05) is 36.4 Å². The highest BCUT2D eigenvalue weighted by Gasteiger charge is 2.22. The molecule has 222 valence electrons. The van der Waals surface area contributed by atoms with Crippen LogP contribution in [0.5, 0.6) is 5.75 Å². The van der Waals surface area contributed by atoms with Crippen LogP contribution in [0.2, 0.25) is 0 Å². The van der Waals surface area contributed by atoms with Crippen LogP contribution in [-0.4, -0.2) is 21.1 Å². The van der Waals surface area contributed by atoms with Crippen LogP contribution in [0.25, 0.3) is 22.6 Å². The van der Waals surface area contributed by atoms with Crippen molar-refractivity contribution in [2.24, 2.45) is 0 Å². The van der Waals surface area contributed by atoms with E-state index in [1.54, 1.807) is 18.2 Å². The molecular formula is C36H36F3N3O. The molecule has 0 aliphatic heterocycles. The van der Waals surface area contributed by atoms with Crippen LogP contribution in [0.3, 0.4) is 0 Å². The number of unbranched alkanes of at least 4 members (excludes halogenated alkanes) is 1. The van der Waals surface area contributed by atoms with Gasteiger partial charge in [-0.25, -0.2) is 9.37 Å². The zero-order valence-corrected chi connectivity index (χ0v) is 24.5. The van der Waals surface area contributed by atoms with Crippen molar-refractivity contribution in [3.8, 4) is 28.4 Å². The summed E-state index contributed by atoms with van der Waals surface area (Å²) in [5.74, 6) is 0.672.